The van der Waals surface area contributed by atoms with Crippen molar-refractivity contribution in [1.29, 1.82) is 0 Å². The molecule has 6 heteroatoms. The monoisotopic (exact) mass is 271 g/mol. The first-order valence-electron chi connectivity index (χ1n) is 6.21. The smallest absolute Gasteiger partial charge is 0.237 e. The molecule has 6 nitrogen and oxygen atoms in total. The Morgan fingerprint density at radius 2 is 2.10 bits per heavy atom. The highest BCUT2D eigenvalue weighted by atomic mass is 16.1. The number of rotatable bonds is 5. The van der Waals surface area contributed by atoms with Crippen molar-refractivity contribution in [1.82, 2.24) is 9.97 Å². The van der Waals surface area contributed by atoms with Gasteiger partial charge in [-0.05, 0) is 24.6 Å². The molecule has 1 aromatic carbocycles. The van der Waals surface area contributed by atoms with E-state index in [1.54, 1.807) is 4.90 Å². The second-order valence-corrected chi connectivity index (χ2v) is 4.58. The number of primary amides is 1. The van der Waals surface area contributed by atoms with Crippen LogP contribution in [0.15, 0.2) is 36.7 Å². The normalized spacial score (nSPS) is 10.2. The molecule has 0 aliphatic carbocycles. The number of hydrogen-bond acceptors (Lipinski definition) is 5. The van der Waals surface area contributed by atoms with E-state index in [1.807, 2.05) is 37.3 Å². The first-order chi connectivity index (χ1) is 9.54. The molecule has 4 N–H and O–H groups in total. The largest absolute Gasteiger partial charge is 0.399 e. The highest BCUT2D eigenvalue weighted by molar-refractivity contribution is 5.79. The van der Waals surface area contributed by atoms with Crippen LogP contribution in [0.25, 0.3) is 0 Å². The molecule has 2 rings (SSSR count). The summed E-state index contributed by atoms with van der Waals surface area (Å²) >= 11 is 0. The summed E-state index contributed by atoms with van der Waals surface area (Å²) in [7, 11) is 0. The van der Waals surface area contributed by atoms with E-state index >= 15 is 0 Å². The van der Waals surface area contributed by atoms with Crippen LogP contribution >= 0.6 is 0 Å². The van der Waals surface area contributed by atoms with Gasteiger partial charge in [-0.25, -0.2) is 9.97 Å². The number of carbonyl (C=O) groups is 1. The van der Waals surface area contributed by atoms with E-state index in [1.165, 1.54) is 6.33 Å². The molecule has 20 heavy (non-hydrogen) atoms. The number of amides is 1. The van der Waals surface area contributed by atoms with Crippen LogP contribution in [0.1, 0.15) is 11.3 Å². The highest BCUT2D eigenvalue weighted by Gasteiger charge is 2.12. The van der Waals surface area contributed by atoms with Gasteiger partial charge in [-0.15, -0.1) is 0 Å². The Bertz CT molecular complexity index is 614. The zero-order chi connectivity index (χ0) is 14.5. The molecule has 1 amide bonds. The summed E-state index contributed by atoms with van der Waals surface area (Å²) in [6, 6.07) is 9.31. The van der Waals surface area contributed by atoms with Crippen molar-refractivity contribution in [3.05, 3.63) is 47.9 Å². The summed E-state index contributed by atoms with van der Waals surface area (Å²) in [6.45, 7) is 2.46. The van der Waals surface area contributed by atoms with E-state index in [2.05, 4.69) is 9.97 Å². The third kappa shape index (κ3) is 3.68. The Labute approximate surface area is 117 Å². The fourth-order valence-corrected chi connectivity index (χ4v) is 1.93. The van der Waals surface area contributed by atoms with Gasteiger partial charge in [0.25, 0.3) is 0 Å². The van der Waals surface area contributed by atoms with E-state index < -0.39 is 5.91 Å². The van der Waals surface area contributed by atoms with E-state index in [0.29, 0.717) is 18.1 Å². The van der Waals surface area contributed by atoms with Gasteiger partial charge in [-0.3, -0.25) is 4.79 Å². The Morgan fingerprint density at radius 1 is 1.30 bits per heavy atom. The summed E-state index contributed by atoms with van der Waals surface area (Å²) < 4.78 is 0. The number of anilines is 2. The van der Waals surface area contributed by atoms with Crippen LogP contribution < -0.4 is 16.4 Å². The zero-order valence-electron chi connectivity index (χ0n) is 11.3. The predicted octanol–water partition coefficient (Wildman–Crippen LogP) is 0.859. The standard InChI is InChI=1S/C14H17N5O/c1-10-5-14(18-9-17-10)19(8-13(16)20)7-11-3-2-4-12(15)6-11/h2-6,9H,7-8,15H2,1H3,(H2,16,20). The van der Waals surface area contributed by atoms with Gasteiger partial charge in [-0.2, -0.15) is 0 Å². The van der Waals surface area contributed by atoms with Gasteiger partial charge in [-0.1, -0.05) is 12.1 Å². The minimum Gasteiger partial charge on any atom is -0.399 e. The first kappa shape index (κ1) is 13.8. The van der Waals surface area contributed by atoms with Crippen molar-refractivity contribution in [2.75, 3.05) is 17.2 Å². The number of aromatic nitrogens is 2. The van der Waals surface area contributed by atoms with Crippen LogP contribution in [0.4, 0.5) is 11.5 Å². The number of nitrogen functional groups attached to an aromatic ring is 1. The number of benzene rings is 1. The van der Waals surface area contributed by atoms with Gasteiger partial charge in [0.05, 0.1) is 6.54 Å². The molecule has 0 saturated carbocycles. The molecular weight excluding hydrogens is 254 g/mol. The fraction of sp³-hybridized carbons (Fsp3) is 0.214. The molecular formula is C14H17N5O. The summed E-state index contributed by atoms with van der Waals surface area (Å²) in [5.74, 6) is 0.254. The third-order valence-corrected chi connectivity index (χ3v) is 2.78. The van der Waals surface area contributed by atoms with Crippen LogP contribution in [0.5, 0.6) is 0 Å². The number of aryl methyl sites for hydroxylation is 1. The lowest BCUT2D eigenvalue weighted by Gasteiger charge is -2.22. The molecule has 0 radical (unpaired) electrons. The van der Waals surface area contributed by atoms with Gasteiger partial charge in [0.2, 0.25) is 5.91 Å². The van der Waals surface area contributed by atoms with Gasteiger partial charge in [0.15, 0.2) is 0 Å². The van der Waals surface area contributed by atoms with E-state index in [9.17, 15) is 4.79 Å². The minimum absolute atomic E-state index is 0.0885. The molecule has 2 aromatic rings. The Hall–Kier alpha value is -2.63. The van der Waals surface area contributed by atoms with Gasteiger partial charge < -0.3 is 16.4 Å². The quantitative estimate of drug-likeness (QED) is 0.786. The van der Waals surface area contributed by atoms with Gasteiger partial charge >= 0.3 is 0 Å². The maximum Gasteiger partial charge on any atom is 0.237 e. The molecule has 0 saturated heterocycles. The van der Waals surface area contributed by atoms with Crippen molar-refractivity contribution < 1.29 is 4.79 Å². The SMILES string of the molecule is Cc1cc(N(CC(N)=O)Cc2cccc(N)c2)ncn1. The summed E-state index contributed by atoms with van der Waals surface area (Å²) in [5.41, 5.74) is 13.6. The van der Waals surface area contributed by atoms with Crippen LogP contribution in [0, 0.1) is 6.92 Å². The molecule has 0 spiro atoms. The Balaban J connectivity index is 2.26. The number of nitrogens with two attached hydrogens (primary N) is 2. The molecule has 0 bridgehead atoms. The van der Waals surface area contributed by atoms with Crippen molar-refractivity contribution in [2.45, 2.75) is 13.5 Å². The molecule has 0 aliphatic heterocycles. The first-order valence-corrected chi connectivity index (χ1v) is 6.21. The van der Waals surface area contributed by atoms with Crippen molar-refractivity contribution in [3.8, 4) is 0 Å². The molecule has 1 aromatic heterocycles. The second kappa shape index (κ2) is 6.01. The van der Waals surface area contributed by atoms with Crippen LogP contribution in [-0.2, 0) is 11.3 Å². The third-order valence-electron chi connectivity index (χ3n) is 2.78. The Kier molecular flexibility index (Phi) is 4.14. The van der Waals surface area contributed by atoms with E-state index in [-0.39, 0.29) is 6.54 Å². The topological polar surface area (TPSA) is 98.1 Å². The summed E-state index contributed by atoms with van der Waals surface area (Å²) in [5, 5.41) is 0. The molecule has 104 valence electrons. The maximum atomic E-state index is 11.2. The van der Waals surface area contributed by atoms with Crippen LogP contribution in [0.3, 0.4) is 0 Å². The lowest BCUT2D eigenvalue weighted by atomic mass is 10.2. The molecule has 1 heterocycles. The van der Waals surface area contributed by atoms with Gasteiger partial charge in [0.1, 0.15) is 12.1 Å². The fourth-order valence-electron chi connectivity index (χ4n) is 1.93. The van der Waals surface area contributed by atoms with Crippen LogP contribution in [-0.4, -0.2) is 22.4 Å². The van der Waals surface area contributed by atoms with E-state index in [4.69, 9.17) is 11.5 Å². The van der Waals surface area contributed by atoms with Crippen molar-refractivity contribution in [3.63, 3.8) is 0 Å². The van der Waals surface area contributed by atoms with Crippen molar-refractivity contribution >= 4 is 17.4 Å². The number of nitrogens with zero attached hydrogens (tertiary/aromatic N) is 3. The summed E-state index contributed by atoms with van der Waals surface area (Å²) in [6.07, 6.45) is 1.47. The average Bonchev–Trinajstić information content (AvgIpc) is 2.37. The molecule has 0 unspecified atom stereocenters. The predicted molar refractivity (Wildman–Crippen MR) is 77.9 cm³/mol. The molecule has 0 atom stereocenters. The molecule has 0 aliphatic rings. The summed E-state index contributed by atoms with van der Waals surface area (Å²) in [4.78, 5) is 21.3. The lowest BCUT2D eigenvalue weighted by molar-refractivity contribution is -0.116. The lowest BCUT2D eigenvalue weighted by Crippen LogP contribution is -2.34. The molecule has 0 fully saturated rings. The Morgan fingerprint density at radius 3 is 2.75 bits per heavy atom. The zero-order valence-corrected chi connectivity index (χ0v) is 11.3. The highest BCUT2D eigenvalue weighted by Crippen LogP contribution is 2.16. The maximum absolute atomic E-state index is 11.2. The number of hydrogen-bond donors (Lipinski definition) is 2. The van der Waals surface area contributed by atoms with E-state index in [0.717, 1.165) is 11.3 Å². The van der Waals surface area contributed by atoms with Crippen LogP contribution in [0.2, 0.25) is 0 Å². The van der Waals surface area contributed by atoms with Crippen molar-refractivity contribution in [2.24, 2.45) is 5.73 Å². The minimum atomic E-state index is -0.412. The number of carbonyl (C=O) groups excluding carboxylic acids is 1. The average molecular weight is 271 g/mol. The second-order valence-electron chi connectivity index (χ2n) is 4.58. The van der Waals surface area contributed by atoms with Gasteiger partial charge in [0, 0.05) is 24.0 Å².